The van der Waals surface area contributed by atoms with Crippen LogP contribution in [0.5, 0.6) is 5.75 Å². The SMILES string of the molecule is CC(C)(C)CC(C)(C)c1cc(C(=O)O)ccc1O. The number of hydrogen-bond donors (Lipinski definition) is 2. The van der Waals surface area contributed by atoms with Gasteiger partial charge in [0.25, 0.3) is 0 Å². The summed E-state index contributed by atoms with van der Waals surface area (Å²) in [7, 11) is 0. The highest BCUT2D eigenvalue weighted by Crippen LogP contribution is 2.40. The van der Waals surface area contributed by atoms with E-state index in [1.54, 1.807) is 6.07 Å². The third-order valence-electron chi connectivity index (χ3n) is 2.94. The molecule has 0 heterocycles. The summed E-state index contributed by atoms with van der Waals surface area (Å²) in [5.74, 6) is -0.808. The highest BCUT2D eigenvalue weighted by atomic mass is 16.4. The largest absolute Gasteiger partial charge is 0.508 e. The molecule has 18 heavy (non-hydrogen) atoms. The number of phenols is 1. The summed E-state index contributed by atoms with van der Waals surface area (Å²) in [4.78, 5) is 11.0. The minimum Gasteiger partial charge on any atom is -0.508 e. The van der Waals surface area contributed by atoms with Gasteiger partial charge in [-0.15, -0.1) is 0 Å². The first-order valence-corrected chi connectivity index (χ1v) is 6.10. The number of carboxylic acids is 1. The smallest absolute Gasteiger partial charge is 0.335 e. The lowest BCUT2D eigenvalue weighted by Gasteiger charge is -2.33. The van der Waals surface area contributed by atoms with E-state index in [0.29, 0.717) is 5.56 Å². The van der Waals surface area contributed by atoms with Crippen LogP contribution in [0.25, 0.3) is 0 Å². The zero-order chi connectivity index (χ0) is 14.1. The Morgan fingerprint density at radius 2 is 1.72 bits per heavy atom. The first kappa shape index (κ1) is 14.6. The molecule has 1 aromatic carbocycles. The second-order valence-corrected chi connectivity index (χ2v) is 6.66. The van der Waals surface area contributed by atoms with Gasteiger partial charge in [0.05, 0.1) is 5.56 Å². The Bertz CT molecular complexity index is 453. The van der Waals surface area contributed by atoms with Crippen LogP contribution in [0.1, 0.15) is 57.0 Å². The van der Waals surface area contributed by atoms with E-state index in [4.69, 9.17) is 5.11 Å². The van der Waals surface area contributed by atoms with Gasteiger partial charge in [-0.2, -0.15) is 0 Å². The number of carboxylic acid groups (broad SMARTS) is 1. The maximum absolute atomic E-state index is 11.0. The predicted molar refractivity (Wildman–Crippen MR) is 72.2 cm³/mol. The van der Waals surface area contributed by atoms with Gasteiger partial charge < -0.3 is 10.2 Å². The molecule has 0 bridgehead atoms. The standard InChI is InChI=1S/C15H22O3/c1-14(2,3)9-15(4,5)11-8-10(13(17)18)6-7-12(11)16/h6-8,16H,9H2,1-5H3,(H,17,18). The summed E-state index contributed by atoms with van der Waals surface area (Å²) in [5.41, 5.74) is 0.741. The lowest BCUT2D eigenvalue weighted by Crippen LogP contribution is -2.25. The Morgan fingerprint density at radius 1 is 1.17 bits per heavy atom. The van der Waals surface area contributed by atoms with Crippen LogP contribution in [-0.4, -0.2) is 16.2 Å². The van der Waals surface area contributed by atoms with Gasteiger partial charge in [-0.05, 0) is 35.4 Å². The summed E-state index contributed by atoms with van der Waals surface area (Å²) in [6.07, 6.45) is 0.858. The van der Waals surface area contributed by atoms with Gasteiger partial charge in [0.2, 0.25) is 0 Å². The van der Waals surface area contributed by atoms with E-state index in [2.05, 4.69) is 20.8 Å². The summed E-state index contributed by atoms with van der Waals surface area (Å²) < 4.78 is 0. The van der Waals surface area contributed by atoms with Crippen molar-refractivity contribution in [3.63, 3.8) is 0 Å². The molecule has 0 aliphatic carbocycles. The molecule has 0 saturated heterocycles. The fourth-order valence-electron chi connectivity index (χ4n) is 2.63. The minimum atomic E-state index is -0.970. The third kappa shape index (κ3) is 3.49. The first-order valence-electron chi connectivity index (χ1n) is 6.10. The Morgan fingerprint density at radius 3 is 2.17 bits per heavy atom. The molecule has 0 radical (unpaired) electrons. The van der Waals surface area contributed by atoms with Gasteiger partial charge in [0, 0.05) is 5.56 Å². The Kier molecular flexibility index (Phi) is 3.75. The van der Waals surface area contributed by atoms with Crippen LogP contribution in [0.3, 0.4) is 0 Å². The summed E-state index contributed by atoms with van der Waals surface area (Å²) in [6.45, 7) is 10.4. The first-order chi connectivity index (χ1) is 8.03. The Hall–Kier alpha value is -1.51. The van der Waals surface area contributed by atoms with Crippen LogP contribution in [0, 0.1) is 5.41 Å². The lowest BCUT2D eigenvalue weighted by molar-refractivity contribution is 0.0696. The van der Waals surface area contributed by atoms with Crippen LogP contribution < -0.4 is 0 Å². The zero-order valence-electron chi connectivity index (χ0n) is 11.7. The molecular formula is C15H22O3. The summed E-state index contributed by atoms with van der Waals surface area (Å²) in [5, 5.41) is 19.0. The molecule has 0 spiro atoms. The van der Waals surface area contributed by atoms with Crippen molar-refractivity contribution in [1.82, 2.24) is 0 Å². The molecule has 0 aliphatic heterocycles. The third-order valence-corrected chi connectivity index (χ3v) is 2.94. The molecular weight excluding hydrogens is 228 g/mol. The highest BCUT2D eigenvalue weighted by Gasteiger charge is 2.30. The van der Waals surface area contributed by atoms with Gasteiger partial charge in [0.1, 0.15) is 5.75 Å². The average molecular weight is 250 g/mol. The van der Waals surface area contributed by atoms with Gasteiger partial charge in [-0.3, -0.25) is 0 Å². The van der Waals surface area contributed by atoms with Crippen molar-refractivity contribution in [2.75, 3.05) is 0 Å². The normalized spacial score (nSPS) is 12.5. The Labute approximate surface area is 108 Å². The molecule has 1 aromatic rings. The number of benzene rings is 1. The molecule has 0 atom stereocenters. The van der Waals surface area contributed by atoms with E-state index < -0.39 is 5.97 Å². The van der Waals surface area contributed by atoms with Crippen LogP contribution in [-0.2, 0) is 5.41 Å². The number of carbonyl (C=O) groups is 1. The van der Waals surface area contributed by atoms with Gasteiger partial charge in [-0.1, -0.05) is 34.6 Å². The number of aromatic carboxylic acids is 1. The van der Waals surface area contributed by atoms with Gasteiger partial charge in [-0.25, -0.2) is 4.79 Å². The topological polar surface area (TPSA) is 57.5 Å². The van der Waals surface area contributed by atoms with E-state index in [0.717, 1.165) is 6.42 Å². The second-order valence-electron chi connectivity index (χ2n) is 6.66. The summed E-state index contributed by atoms with van der Waals surface area (Å²) in [6, 6.07) is 4.46. The molecule has 0 amide bonds. The molecule has 1 rings (SSSR count). The average Bonchev–Trinajstić information content (AvgIpc) is 2.13. The molecule has 0 saturated carbocycles. The van der Waals surface area contributed by atoms with Gasteiger partial charge >= 0.3 is 5.97 Å². The predicted octanol–water partition coefficient (Wildman–Crippen LogP) is 3.80. The monoisotopic (exact) mass is 250 g/mol. The van der Waals surface area contributed by atoms with Crippen molar-refractivity contribution in [2.24, 2.45) is 5.41 Å². The van der Waals surface area contributed by atoms with E-state index >= 15 is 0 Å². The quantitative estimate of drug-likeness (QED) is 0.857. The van der Waals surface area contributed by atoms with Crippen LogP contribution in [0.2, 0.25) is 0 Å². The molecule has 0 aliphatic rings. The van der Waals surface area contributed by atoms with E-state index in [-0.39, 0.29) is 22.1 Å². The molecule has 3 heteroatoms. The fourth-order valence-corrected chi connectivity index (χ4v) is 2.63. The van der Waals surface area contributed by atoms with E-state index in [1.165, 1.54) is 12.1 Å². The van der Waals surface area contributed by atoms with Crippen molar-refractivity contribution in [3.8, 4) is 5.75 Å². The zero-order valence-corrected chi connectivity index (χ0v) is 11.7. The molecule has 2 N–H and O–H groups in total. The molecule has 0 unspecified atom stereocenters. The van der Waals surface area contributed by atoms with Crippen molar-refractivity contribution in [2.45, 2.75) is 46.5 Å². The number of aromatic hydroxyl groups is 1. The summed E-state index contributed by atoms with van der Waals surface area (Å²) >= 11 is 0. The van der Waals surface area contributed by atoms with Crippen LogP contribution in [0.15, 0.2) is 18.2 Å². The van der Waals surface area contributed by atoms with Crippen molar-refractivity contribution in [3.05, 3.63) is 29.3 Å². The molecule has 0 fully saturated rings. The maximum atomic E-state index is 11.0. The molecule has 0 aromatic heterocycles. The maximum Gasteiger partial charge on any atom is 0.335 e. The van der Waals surface area contributed by atoms with Crippen LogP contribution in [0.4, 0.5) is 0 Å². The lowest BCUT2D eigenvalue weighted by atomic mass is 9.72. The Balaban J connectivity index is 3.22. The van der Waals surface area contributed by atoms with Crippen molar-refractivity contribution >= 4 is 5.97 Å². The van der Waals surface area contributed by atoms with E-state index in [9.17, 15) is 9.90 Å². The van der Waals surface area contributed by atoms with E-state index in [1.807, 2.05) is 13.8 Å². The number of phenolic OH excluding ortho intramolecular Hbond substituents is 1. The van der Waals surface area contributed by atoms with Crippen molar-refractivity contribution in [1.29, 1.82) is 0 Å². The van der Waals surface area contributed by atoms with Crippen LogP contribution >= 0.6 is 0 Å². The second kappa shape index (κ2) is 4.63. The fraction of sp³-hybridized carbons (Fsp3) is 0.533. The highest BCUT2D eigenvalue weighted by molar-refractivity contribution is 5.88. The minimum absolute atomic E-state index is 0.106. The van der Waals surface area contributed by atoms with Crippen molar-refractivity contribution < 1.29 is 15.0 Å². The molecule has 3 nitrogen and oxygen atoms in total. The number of hydrogen-bond acceptors (Lipinski definition) is 2. The number of rotatable bonds is 3. The van der Waals surface area contributed by atoms with Gasteiger partial charge in [0.15, 0.2) is 0 Å². The molecule has 100 valence electrons.